The van der Waals surface area contributed by atoms with Gasteiger partial charge in [0.05, 0.1) is 17.7 Å². The number of carbonyl (C=O) groups is 1. The van der Waals surface area contributed by atoms with Gasteiger partial charge in [0.25, 0.3) is 0 Å². The number of likely N-dealkylation sites (tertiary alicyclic amines) is 1. The Bertz CT molecular complexity index is 790. The molecule has 1 aliphatic heterocycles. The quantitative estimate of drug-likeness (QED) is 0.863. The molecule has 0 bridgehead atoms. The summed E-state index contributed by atoms with van der Waals surface area (Å²) >= 11 is 0. The van der Waals surface area contributed by atoms with E-state index in [-0.39, 0.29) is 11.9 Å². The second kappa shape index (κ2) is 7.50. The highest BCUT2D eigenvalue weighted by atomic mass is 16.2. The van der Waals surface area contributed by atoms with Gasteiger partial charge in [-0.2, -0.15) is 5.26 Å². The molecule has 0 aliphatic carbocycles. The molecule has 1 fully saturated rings. The molecular weight excluding hydrogens is 310 g/mol. The molecule has 1 aliphatic rings. The maximum absolute atomic E-state index is 12.3. The first-order valence-corrected chi connectivity index (χ1v) is 8.64. The average Bonchev–Trinajstić information content (AvgIpc) is 3.09. The summed E-state index contributed by atoms with van der Waals surface area (Å²) in [5.41, 5.74) is 3.88. The highest BCUT2D eigenvalue weighted by Crippen LogP contribution is 2.25. The van der Waals surface area contributed by atoms with Crippen molar-refractivity contribution in [3.63, 3.8) is 0 Å². The summed E-state index contributed by atoms with van der Waals surface area (Å²) in [5, 5.41) is 9.26. The van der Waals surface area contributed by atoms with E-state index < -0.39 is 0 Å². The van der Waals surface area contributed by atoms with Gasteiger partial charge in [0.1, 0.15) is 0 Å². The van der Waals surface area contributed by atoms with Crippen LogP contribution in [-0.4, -0.2) is 42.4 Å². The second-order valence-corrected chi connectivity index (χ2v) is 6.72. The number of amides is 1. The van der Waals surface area contributed by atoms with Crippen molar-refractivity contribution in [1.82, 2.24) is 9.80 Å². The van der Waals surface area contributed by atoms with Crippen LogP contribution in [-0.2, 0) is 11.3 Å². The molecule has 2 aromatic rings. The molecule has 1 unspecified atom stereocenters. The number of carbonyl (C=O) groups excluding carboxylic acids is 1. The maximum atomic E-state index is 12.3. The van der Waals surface area contributed by atoms with Gasteiger partial charge in [-0.1, -0.05) is 42.5 Å². The zero-order valence-electron chi connectivity index (χ0n) is 14.8. The Labute approximate surface area is 149 Å². The highest BCUT2D eigenvalue weighted by molar-refractivity contribution is 5.81. The highest BCUT2D eigenvalue weighted by Gasteiger charge is 2.31. The SMILES string of the molecule is CN(C)C(=O)C1CCCN1Cc1ccc(-c2ccccc2C#N)cc1. The van der Waals surface area contributed by atoms with Crippen molar-refractivity contribution < 1.29 is 4.79 Å². The molecule has 0 aromatic heterocycles. The topological polar surface area (TPSA) is 47.3 Å². The smallest absolute Gasteiger partial charge is 0.239 e. The van der Waals surface area contributed by atoms with Crippen LogP contribution in [0.1, 0.15) is 24.0 Å². The van der Waals surface area contributed by atoms with E-state index in [4.69, 9.17) is 0 Å². The Hall–Kier alpha value is -2.64. The normalized spacial score (nSPS) is 17.2. The van der Waals surface area contributed by atoms with E-state index in [0.29, 0.717) is 5.56 Å². The summed E-state index contributed by atoms with van der Waals surface area (Å²) in [6.45, 7) is 1.74. The number of benzene rings is 2. The largest absolute Gasteiger partial charge is 0.347 e. The molecule has 0 N–H and O–H groups in total. The Kier molecular flexibility index (Phi) is 5.16. The summed E-state index contributed by atoms with van der Waals surface area (Å²) in [6, 6.07) is 18.2. The second-order valence-electron chi connectivity index (χ2n) is 6.72. The van der Waals surface area contributed by atoms with Gasteiger partial charge in [0.2, 0.25) is 5.91 Å². The van der Waals surface area contributed by atoms with Crippen molar-refractivity contribution in [2.75, 3.05) is 20.6 Å². The fourth-order valence-corrected chi connectivity index (χ4v) is 3.45. The number of rotatable bonds is 4. The third-order valence-electron chi connectivity index (χ3n) is 4.79. The van der Waals surface area contributed by atoms with Crippen molar-refractivity contribution in [3.8, 4) is 17.2 Å². The monoisotopic (exact) mass is 333 g/mol. The molecule has 0 radical (unpaired) electrons. The van der Waals surface area contributed by atoms with E-state index in [9.17, 15) is 10.1 Å². The van der Waals surface area contributed by atoms with Crippen molar-refractivity contribution in [1.29, 1.82) is 5.26 Å². The van der Waals surface area contributed by atoms with E-state index in [2.05, 4.69) is 35.2 Å². The third-order valence-corrected chi connectivity index (χ3v) is 4.79. The van der Waals surface area contributed by atoms with Crippen LogP contribution in [0.2, 0.25) is 0 Å². The Balaban J connectivity index is 1.75. The molecule has 1 atom stereocenters. The zero-order valence-corrected chi connectivity index (χ0v) is 14.8. The van der Waals surface area contributed by atoms with Crippen LogP contribution < -0.4 is 0 Å². The van der Waals surface area contributed by atoms with Gasteiger partial charge in [0.15, 0.2) is 0 Å². The lowest BCUT2D eigenvalue weighted by Gasteiger charge is -2.26. The summed E-state index contributed by atoms with van der Waals surface area (Å²) in [6.07, 6.45) is 2.00. The van der Waals surface area contributed by atoms with Crippen LogP contribution >= 0.6 is 0 Å². The Morgan fingerprint density at radius 2 is 1.92 bits per heavy atom. The summed E-state index contributed by atoms with van der Waals surface area (Å²) < 4.78 is 0. The first kappa shape index (κ1) is 17.2. The van der Waals surface area contributed by atoms with E-state index in [1.807, 2.05) is 38.4 Å². The van der Waals surface area contributed by atoms with Crippen LogP contribution in [0.5, 0.6) is 0 Å². The number of hydrogen-bond donors (Lipinski definition) is 0. The lowest BCUT2D eigenvalue weighted by molar-refractivity contribution is -0.133. The number of hydrogen-bond acceptors (Lipinski definition) is 3. The standard InChI is InChI=1S/C21H23N3O/c1-23(2)21(25)20-8-5-13-24(20)15-16-9-11-17(12-10-16)19-7-4-3-6-18(19)14-22/h3-4,6-7,9-12,20H,5,8,13,15H2,1-2H3. The minimum absolute atomic E-state index is 0.00556. The van der Waals surface area contributed by atoms with E-state index in [0.717, 1.165) is 37.1 Å². The molecule has 2 aromatic carbocycles. The van der Waals surface area contributed by atoms with Crippen LogP contribution in [0.4, 0.5) is 0 Å². The fraction of sp³-hybridized carbons (Fsp3) is 0.333. The summed E-state index contributed by atoms with van der Waals surface area (Å²) in [7, 11) is 3.64. The van der Waals surface area contributed by atoms with Gasteiger partial charge in [0, 0.05) is 20.6 Å². The number of likely N-dealkylation sites (N-methyl/N-ethyl adjacent to an activating group) is 1. The van der Waals surface area contributed by atoms with Crippen molar-refractivity contribution in [2.24, 2.45) is 0 Å². The Morgan fingerprint density at radius 3 is 2.60 bits per heavy atom. The first-order chi connectivity index (χ1) is 12.1. The van der Waals surface area contributed by atoms with Gasteiger partial charge in [-0.05, 0) is 42.1 Å². The minimum atomic E-state index is -0.00556. The van der Waals surface area contributed by atoms with Gasteiger partial charge in [-0.25, -0.2) is 0 Å². The molecule has 1 amide bonds. The average molecular weight is 333 g/mol. The van der Waals surface area contributed by atoms with Gasteiger partial charge >= 0.3 is 0 Å². The summed E-state index contributed by atoms with van der Waals surface area (Å²) in [4.78, 5) is 16.3. The molecule has 25 heavy (non-hydrogen) atoms. The first-order valence-electron chi connectivity index (χ1n) is 8.64. The third kappa shape index (κ3) is 3.72. The molecule has 1 saturated heterocycles. The van der Waals surface area contributed by atoms with E-state index in [1.54, 1.807) is 4.90 Å². The van der Waals surface area contributed by atoms with Gasteiger partial charge in [-0.3, -0.25) is 9.69 Å². The minimum Gasteiger partial charge on any atom is -0.347 e. The van der Waals surface area contributed by atoms with Gasteiger partial charge in [-0.15, -0.1) is 0 Å². The maximum Gasteiger partial charge on any atom is 0.239 e. The lowest BCUT2D eigenvalue weighted by Crippen LogP contribution is -2.42. The van der Waals surface area contributed by atoms with Crippen LogP contribution in [0.3, 0.4) is 0 Å². The van der Waals surface area contributed by atoms with Crippen molar-refractivity contribution in [2.45, 2.75) is 25.4 Å². The van der Waals surface area contributed by atoms with E-state index >= 15 is 0 Å². The van der Waals surface area contributed by atoms with Crippen LogP contribution in [0.25, 0.3) is 11.1 Å². The molecule has 0 saturated carbocycles. The van der Waals surface area contributed by atoms with E-state index in [1.165, 1.54) is 5.56 Å². The molecule has 128 valence electrons. The van der Waals surface area contributed by atoms with Crippen LogP contribution in [0.15, 0.2) is 48.5 Å². The lowest BCUT2D eigenvalue weighted by atomic mass is 9.99. The van der Waals surface area contributed by atoms with Crippen LogP contribution in [0, 0.1) is 11.3 Å². The molecule has 0 spiro atoms. The predicted molar refractivity (Wildman–Crippen MR) is 98.7 cm³/mol. The molecular formula is C21H23N3O. The number of nitrogens with zero attached hydrogens (tertiary/aromatic N) is 3. The molecule has 4 nitrogen and oxygen atoms in total. The zero-order chi connectivity index (χ0) is 17.8. The predicted octanol–water partition coefficient (Wildman–Crippen LogP) is 3.28. The Morgan fingerprint density at radius 1 is 1.20 bits per heavy atom. The fourth-order valence-electron chi connectivity index (χ4n) is 3.45. The molecule has 1 heterocycles. The van der Waals surface area contributed by atoms with Gasteiger partial charge < -0.3 is 4.90 Å². The number of nitriles is 1. The van der Waals surface area contributed by atoms with Crippen molar-refractivity contribution in [3.05, 3.63) is 59.7 Å². The summed E-state index contributed by atoms with van der Waals surface area (Å²) in [5.74, 6) is 0.192. The molecule has 3 rings (SSSR count). The van der Waals surface area contributed by atoms with Crippen molar-refractivity contribution >= 4 is 5.91 Å². The molecule has 4 heteroatoms.